The largest absolute Gasteiger partial charge is 0.352 e. The first-order valence-electron chi connectivity index (χ1n) is 7.30. The average Bonchev–Trinajstić information content (AvgIpc) is 2.55. The Hall–Kier alpha value is -1.50. The fraction of sp³-hybridized carbons (Fsp3) is 0.176. The van der Waals surface area contributed by atoms with E-state index in [2.05, 4.69) is 26.6 Å². The quantitative estimate of drug-likeness (QED) is 0.771. The molecule has 4 nitrogen and oxygen atoms in total. The van der Waals surface area contributed by atoms with E-state index in [-0.39, 0.29) is 18.2 Å². The summed E-state index contributed by atoms with van der Waals surface area (Å²) in [7, 11) is 0. The number of carbonyl (C=O) groups excluding carboxylic acids is 2. The van der Waals surface area contributed by atoms with Gasteiger partial charge in [0.15, 0.2) is 0 Å². The molecule has 2 amide bonds. The van der Waals surface area contributed by atoms with Gasteiger partial charge in [0, 0.05) is 27.4 Å². The van der Waals surface area contributed by atoms with Crippen LogP contribution >= 0.6 is 39.3 Å². The second-order valence-electron chi connectivity index (χ2n) is 5.31. The number of thioether (sulfide) groups is 1. The van der Waals surface area contributed by atoms with E-state index in [4.69, 9.17) is 11.6 Å². The molecule has 1 aliphatic rings. The van der Waals surface area contributed by atoms with Gasteiger partial charge in [-0.05, 0) is 29.8 Å². The lowest BCUT2D eigenvalue weighted by molar-refractivity contribution is -0.124. The van der Waals surface area contributed by atoms with Gasteiger partial charge >= 0.3 is 0 Å². The second-order valence-corrected chi connectivity index (χ2v) is 7.88. The molecule has 0 saturated heterocycles. The maximum absolute atomic E-state index is 12.2. The summed E-state index contributed by atoms with van der Waals surface area (Å²) in [5, 5.41) is 5.81. The van der Waals surface area contributed by atoms with Gasteiger partial charge < -0.3 is 10.6 Å². The lowest BCUT2D eigenvalue weighted by atomic mass is 10.2. The molecule has 3 rings (SSSR count). The number of hydrogen-bond acceptors (Lipinski definition) is 3. The molecule has 2 N–H and O–H groups in total. The smallest absolute Gasteiger partial charge is 0.238 e. The van der Waals surface area contributed by atoms with Crippen LogP contribution in [0.4, 0.5) is 5.69 Å². The number of carbonyl (C=O) groups is 2. The summed E-state index contributed by atoms with van der Waals surface area (Å²) in [4.78, 5) is 25.3. The van der Waals surface area contributed by atoms with Gasteiger partial charge in [0.1, 0.15) is 0 Å². The number of halogens is 2. The summed E-state index contributed by atoms with van der Waals surface area (Å²) >= 11 is 10.9. The third kappa shape index (κ3) is 4.12. The van der Waals surface area contributed by atoms with Crippen LogP contribution < -0.4 is 10.6 Å². The van der Waals surface area contributed by atoms with Crippen LogP contribution in [0, 0.1) is 0 Å². The topological polar surface area (TPSA) is 58.2 Å². The van der Waals surface area contributed by atoms with Crippen LogP contribution in [0.25, 0.3) is 0 Å². The minimum absolute atomic E-state index is 0.124. The number of nitrogens with one attached hydrogen (secondary N) is 2. The third-order valence-corrected chi connectivity index (χ3v) is 5.69. The van der Waals surface area contributed by atoms with Crippen molar-refractivity contribution in [3.63, 3.8) is 0 Å². The van der Waals surface area contributed by atoms with Crippen LogP contribution in [0.1, 0.15) is 12.0 Å². The van der Waals surface area contributed by atoms with E-state index in [1.54, 1.807) is 6.07 Å². The number of benzene rings is 2. The fourth-order valence-electron chi connectivity index (χ4n) is 2.33. The van der Waals surface area contributed by atoms with Crippen LogP contribution in [0.3, 0.4) is 0 Å². The number of para-hydroxylation sites is 1. The highest BCUT2D eigenvalue weighted by atomic mass is 79.9. The number of rotatable bonds is 4. The Morgan fingerprint density at radius 2 is 2.08 bits per heavy atom. The molecule has 0 fully saturated rings. The van der Waals surface area contributed by atoms with Crippen molar-refractivity contribution < 1.29 is 9.59 Å². The summed E-state index contributed by atoms with van der Waals surface area (Å²) in [5.74, 6) is -0.323. The summed E-state index contributed by atoms with van der Waals surface area (Å²) in [5.41, 5.74) is 1.63. The Morgan fingerprint density at radius 3 is 2.88 bits per heavy atom. The molecule has 7 heteroatoms. The first kappa shape index (κ1) is 17.3. The minimum atomic E-state index is -0.430. The molecular weight excluding hydrogens is 412 g/mol. The van der Waals surface area contributed by atoms with Crippen molar-refractivity contribution in [2.24, 2.45) is 0 Å². The molecular formula is C17H14BrClN2O2S. The van der Waals surface area contributed by atoms with Crippen molar-refractivity contribution in [1.29, 1.82) is 0 Å². The van der Waals surface area contributed by atoms with Crippen molar-refractivity contribution >= 4 is 56.8 Å². The van der Waals surface area contributed by atoms with E-state index in [0.29, 0.717) is 11.6 Å². The van der Waals surface area contributed by atoms with Crippen LogP contribution in [-0.2, 0) is 16.1 Å². The van der Waals surface area contributed by atoms with Gasteiger partial charge in [-0.1, -0.05) is 45.7 Å². The van der Waals surface area contributed by atoms with Crippen molar-refractivity contribution in [2.75, 3.05) is 5.32 Å². The molecule has 0 aliphatic carbocycles. The van der Waals surface area contributed by atoms with Crippen molar-refractivity contribution in [2.45, 2.75) is 23.1 Å². The molecule has 1 heterocycles. The zero-order chi connectivity index (χ0) is 17.1. The third-order valence-electron chi connectivity index (χ3n) is 3.57. The van der Waals surface area contributed by atoms with Gasteiger partial charge in [-0.15, -0.1) is 11.8 Å². The SMILES string of the molecule is O=C(CC1Sc2ccccc2NC1=O)NCc1ccc(Br)cc1Cl. The first-order chi connectivity index (χ1) is 11.5. The zero-order valence-corrected chi connectivity index (χ0v) is 15.7. The average molecular weight is 426 g/mol. The summed E-state index contributed by atoms with van der Waals surface area (Å²) in [6.45, 7) is 0.334. The van der Waals surface area contributed by atoms with Gasteiger partial charge in [-0.3, -0.25) is 9.59 Å². The standard InChI is InChI=1S/C17H14BrClN2O2S/c18-11-6-5-10(12(19)7-11)9-20-16(22)8-15-17(23)21-13-3-1-2-4-14(13)24-15/h1-7,15H,8-9H2,(H,20,22)(H,21,23). The molecule has 1 atom stereocenters. The first-order valence-corrected chi connectivity index (χ1v) is 9.35. The van der Waals surface area contributed by atoms with Crippen LogP contribution in [0.5, 0.6) is 0 Å². The second kappa shape index (κ2) is 7.59. The van der Waals surface area contributed by atoms with Crippen molar-refractivity contribution in [3.8, 4) is 0 Å². The lowest BCUT2D eigenvalue weighted by Crippen LogP contribution is -2.34. The molecule has 124 valence electrons. The van der Waals surface area contributed by atoms with E-state index >= 15 is 0 Å². The number of fused-ring (bicyclic) bond motifs is 1. The Kier molecular flexibility index (Phi) is 5.48. The van der Waals surface area contributed by atoms with E-state index in [1.807, 2.05) is 36.4 Å². The molecule has 24 heavy (non-hydrogen) atoms. The van der Waals surface area contributed by atoms with Gasteiger partial charge in [-0.25, -0.2) is 0 Å². The molecule has 1 aliphatic heterocycles. The van der Waals surface area contributed by atoms with E-state index in [1.165, 1.54) is 11.8 Å². The molecule has 0 spiro atoms. The molecule has 0 bridgehead atoms. The van der Waals surface area contributed by atoms with Gasteiger partial charge in [0.05, 0.1) is 10.9 Å². The predicted molar refractivity (Wildman–Crippen MR) is 100 cm³/mol. The predicted octanol–water partition coefficient (Wildman–Crippen LogP) is 4.22. The van der Waals surface area contributed by atoms with Crippen molar-refractivity contribution in [3.05, 3.63) is 57.5 Å². The molecule has 0 radical (unpaired) electrons. The molecule has 0 aromatic heterocycles. The maximum Gasteiger partial charge on any atom is 0.238 e. The van der Waals surface area contributed by atoms with Gasteiger partial charge in [-0.2, -0.15) is 0 Å². The highest BCUT2D eigenvalue weighted by molar-refractivity contribution is 9.10. The van der Waals surface area contributed by atoms with Crippen LogP contribution in [0.2, 0.25) is 5.02 Å². The highest BCUT2D eigenvalue weighted by Crippen LogP contribution is 2.36. The normalized spacial score (nSPS) is 16.2. The lowest BCUT2D eigenvalue weighted by Gasteiger charge is -2.23. The Balaban J connectivity index is 1.58. The van der Waals surface area contributed by atoms with E-state index in [0.717, 1.165) is 20.6 Å². The van der Waals surface area contributed by atoms with Gasteiger partial charge in [0.25, 0.3) is 0 Å². The number of amides is 2. The Morgan fingerprint density at radius 1 is 1.29 bits per heavy atom. The van der Waals surface area contributed by atoms with E-state index < -0.39 is 5.25 Å². The maximum atomic E-state index is 12.2. The number of hydrogen-bond donors (Lipinski definition) is 2. The Bertz CT molecular complexity index is 800. The van der Waals surface area contributed by atoms with Gasteiger partial charge in [0.2, 0.25) is 11.8 Å². The summed E-state index contributed by atoms with van der Waals surface area (Å²) in [6.07, 6.45) is 0.124. The summed E-state index contributed by atoms with van der Waals surface area (Å²) in [6, 6.07) is 13.1. The van der Waals surface area contributed by atoms with Crippen LogP contribution in [0.15, 0.2) is 51.8 Å². The van der Waals surface area contributed by atoms with Crippen LogP contribution in [-0.4, -0.2) is 17.1 Å². The molecule has 2 aromatic carbocycles. The van der Waals surface area contributed by atoms with Crippen molar-refractivity contribution in [1.82, 2.24) is 5.32 Å². The molecule has 1 unspecified atom stereocenters. The molecule has 0 saturated carbocycles. The minimum Gasteiger partial charge on any atom is -0.352 e. The number of anilines is 1. The highest BCUT2D eigenvalue weighted by Gasteiger charge is 2.28. The molecule has 2 aromatic rings. The van der Waals surface area contributed by atoms with E-state index in [9.17, 15) is 9.59 Å². The summed E-state index contributed by atoms with van der Waals surface area (Å²) < 4.78 is 0.886. The fourth-order valence-corrected chi connectivity index (χ4v) is 4.18. The monoisotopic (exact) mass is 424 g/mol. The Labute approximate surface area is 157 Å². The zero-order valence-electron chi connectivity index (χ0n) is 12.5.